The average molecular weight is 397 g/mol. The van der Waals surface area contributed by atoms with Gasteiger partial charge in [-0.2, -0.15) is 5.26 Å². The number of para-hydroxylation sites is 2. The fraction of sp³-hybridized carbons (Fsp3) is 0.286. The third-order valence-electron chi connectivity index (χ3n) is 4.10. The van der Waals surface area contributed by atoms with Crippen LogP contribution < -0.4 is 10.6 Å². The highest BCUT2D eigenvalue weighted by Gasteiger charge is 2.11. The molecule has 0 atom stereocenters. The molecule has 0 saturated heterocycles. The maximum Gasteiger partial charge on any atom is 0.243 e. The number of nitrogens with zero attached hydrogens (tertiary/aromatic N) is 2. The Balaban J connectivity index is 2.00. The topological polar surface area (TPSA) is 85.2 Å². The highest BCUT2D eigenvalue weighted by Crippen LogP contribution is 2.26. The summed E-state index contributed by atoms with van der Waals surface area (Å²) in [7, 11) is 0. The number of carbonyl (C=O) groups excluding carboxylic acids is 2. The van der Waals surface area contributed by atoms with Gasteiger partial charge in [-0.1, -0.05) is 30.3 Å². The van der Waals surface area contributed by atoms with Gasteiger partial charge < -0.3 is 15.5 Å². The minimum Gasteiger partial charge on any atom is -0.376 e. The Labute approximate surface area is 169 Å². The van der Waals surface area contributed by atoms with E-state index in [4.69, 9.17) is 5.26 Å². The van der Waals surface area contributed by atoms with Gasteiger partial charge in [-0.3, -0.25) is 9.59 Å². The zero-order valence-electron chi connectivity index (χ0n) is 16.1. The van der Waals surface area contributed by atoms with Gasteiger partial charge in [0.05, 0.1) is 24.1 Å². The van der Waals surface area contributed by atoms with Crippen LogP contribution in [-0.2, 0) is 16.1 Å². The van der Waals surface area contributed by atoms with Crippen LogP contribution in [0, 0.1) is 11.3 Å². The largest absolute Gasteiger partial charge is 0.376 e. The number of nitriles is 1. The molecule has 0 radical (unpaired) electrons. The van der Waals surface area contributed by atoms with Crippen LogP contribution in [0.3, 0.4) is 0 Å². The van der Waals surface area contributed by atoms with Crippen LogP contribution >= 0.6 is 11.8 Å². The van der Waals surface area contributed by atoms with E-state index in [1.54, 1.807) is 11.8 Å². The number of anilines is 2. The van der Waals surface area contributed by atoms with E-state index in [0.29, 0.717) is 24.5 Å². The second-order valence-electron chi connectivity index (χ2n) is 6.04. The molecule has 146 valence electrons. The number of thioether (sulfide) groups is 1. The second kappa shape index (κ2) is 11.0. The molecular weight excluding hydrogens is 372 g/mol. The van der Waals surface area contributed by atoms with E-state index in [9.17, 15) is 9.59 Å². The normalized spacial score (nSPS) is 10.0. The Morgan fingerprint density at radius 3 is 2.46 bits per heavy atom. The summed E-state index contributed by atoms with van der Waals surface area (Å²) < 4.78 is 0. The SMILES string of the molecule is CCN(Cc1ccccc1NCC(=O)Nc1ccccc1SCC#N)C(C)=O. The second-order valence-corrected chi connectivity index (χ2v) is 7.05. The van der Waals surface area contributed by atoms with Crippen molar-refractivity contribution in [2.75, 3.05) is 29.5 Å². The third-order valence-corrected chi connectivity index (χ3v) is 5.04. The van der Waals surface area contributed by atoms with Crippen molar-refractivity contribution in [2.45, 2.75) is 25.3 Å². The summed E-state index contributed by atoms with van der Waals surface area (Å²) in [5.41, 5.74) is 2.47. The fourth-order valence-corrected chi connectivity index (χ4v) is 3.33. The molecular formula is C21H24N4O2S. The van der Waals surface area contributed by atoms with Crippen molar-refractivity contribution in [3.05, 3.63) is 54.1 Å². The first-order chi connectivity index (χ1) is 13.5. The lowest BCUT2D eigenvalue weighted by Crippen LogP contribution is -2.28. The lowest BCUT2D eigenvalue weighted by Gasteiger charge is -2.21. The molecule has 0 fully saturated rings. The lowest BCUT2D eigenvalue weighted by molar-refractivity contribution is -0.129. The number of nitrogens with one attached hydrogen (secondary N) is 2. The molecule has 0 bridgehead atoms. The summed E-state index contributed by atoms with van der Waals surface area (Å²) >= 11 is 1.38. The maximum atomic E-state index is 12.4. The van der Waals surface area contributed by atoms with Crippen molar-refractivity contribution < 1.29 is 9.59 Å². The van der Waals surface area contributed by atoms with E-state index < -0.39 is 0 Å². The molecule has 6 nitrogen and oxygen atoms in total. The van der Waals surface area contributed by atoms with Crippen LogP contribution in [0.5, 0.6) is 0 Å². The zero-order chi connectivity index (χ0) is 20.4. The predicted octanol–water partition coefficient (Wildman–Crippen LogP) is 3.72. The quantitative estimate of drug-likeness (QED) is 0.631. The Kier molecular flexibility index (Phi) is 8.37. The van der Waals surface area contributed by atoms with Crippen LogP contribution in [0.25, 0.3) is 0 Å². The monoisotopic (exact) mass is 396 g/mol. The summed E-state index contributed by atoms with van der Waals surface area (Å²) in [5, 5.41) is 14.8. The van der Waals surface area contributed by atoms with Crippen LogP contribution in [-0.4, -0.2) is 35.6 Å². The van der Waals surface area contributed by atoms with E-state index in [0.717, 1.165) is 16.1 Å². The summed E-state index contributed by atoms with van der Waals surface area (Å²) in [4.78, 5) is 26.7. The van der Waals surface area contributed by atoms with Crippen molar-refractivity contribution in [1.82, 2.24) is 4.90 Å². The average Bonchev–Trinajstić information content (AvgIpc) is 2.70. The maximum absolute atomic E-state index is 12.4. The number of benzene rings is 2. The van der Waals surface area contributed by atoms with E-state index in [1.807, 2.05) is 55.5 Å². The highest BCUT2D eigenvalue weighted by atomic mass is 32.2. The van der Waals surface area contributed by atoms with Gasteiger partial charge in [-0.25, -0.2) is 0 Å². The number of rotatable bonds is 9. The van der Waals surface area contributed by atoms with E-state index in [2.05, 4.69) is 16.7 Å². The third kappa shape index (κ3) is 6.32. The molecule has 28 heavy (non-hydrogen) atoms. The molecule has 0 unspecified atom stereocenters. The first-order valence-corrected chi connectivity index (χ1v) is 9.99. The van der Waals surface area contributed by atoms with Gasteiger partial charge in [0.2, 0.25) is 11.8 Å². The molecule has 0 aromatic heterocycles. The molecule has 0 aliphatic carbocycles. The summed E-state index contributed by atoms with van der Waals surface area (Å²) in [5.74, 6) is 0.156. The number of carbonyl (C=O) groups is 2. The minimum atomic E-state index is -0.182. The van der Waals surface area contributed by atoms with E-state index >= 15 is 0 Å². The van der Waals surface area contributed by atoms with Crippen molar-refractivity contribution >= 4 is 35.0 Å². The van der Waals surface area contributed by atoms with Crippen LogP contribution in [0.1, 0.15) is 19.4 Å². The molecule has 0 saturated carbocycles. The number of hydrogen-bond acceptors (Lipinski definition) is 5. The van der Waals surface area contributed by atoms with E-state index in [1.165, 1.54) is 11.8 Å². The molecule has 7 heteroatoms. The summed E-state index contributed by atoms with van der Waals surface area (Å²) in [6, 6.07) is 17.1. The molecule has 0 heterocycles. The Hall–Kier alpha value is -2.98. The number of hydrogen-bond donors (Lipinski definition) is 2. The van der Waals surface area contributed by atoms with Gasteiger partial charge in [-0.15, -0.1) is 11.8 Å². The van der Waals surface area contributed by atoms with Crippen molar-refractivity contribution in [1.29, 1.82) is 5.26 Å². The lowest BCUT2D eigenvalue weighted by atomic mass is 10.1. The molecule has 0 spiro atoms. The van der Waals surface area contributed by atoms with Gasteiger partial charge in [0.1, 0.15) is 0 Å². The van der Waals surface area contributed by atoms with Gasteiger partial charge >= 0.3 is 0 Å². The molecule has 2 rings (SSSR count). The smallest absolute Gasteiger partial charge is 0.243 e. The van der Waals surface area contributed by atoms with E-state index in [-0.39, 0.29) is 18.4 Å². The van der Waals surface area contributed by atoms with Crippen LogP contribution in [0.2, 0.25) is 0 Å². The highest BCUT2D eigenvalue weighted by molar-refractivity contribution is 7.99. The first-order valence-electron chi connectivity index (χ1n) is 9.01. The Morgan fingerprint density at radius 2 is 1.79 bits per heavy atom. The van der Waals surface area contributed by atoms with Crippen LogP contribution in [0.15, 0.2) is 53.4 Å². The number of amides is 2. The summed E-state index contributed by atoms with van der Waals surface area (Å²) in [6.07, 6.45) is 0. The van der Waals surface area contributed by atoms with Gasteiger partial charge in [0, 0.05) is 30.6 Å². The Bertz CT molecular complexity index is 863. The van der Waals surface area contributed by atoms with Gasteiger partial charge in [0.15, 0.2) is 0 Å². The first kappa shape index (κ1) is 21.3. The molecule has 0 aliphatic heterocycles. The van der Waals surface area contributed by atoms with Crippen molar-refractivity contribution in [3.8, 4) is 6.07 Å². The molecule has 2 N–H and O–H groups in total. The zero-order valence-corrected chi connectivity index (χ0v) is 16.9. The molecule has 2 aromatic rings. The van der Waals surface area contributed by atoms with Crippen molar-refractivity contribution in [2.24, 2.45) is 0 Å². The Morgan fingerprint density at radius 1 is 1.11 bits per heavy atom. The molecule has 0 aliphatic rings. The standard InChI is InChI=1S/C21H24N4O2S/c1-3-25(16(2)26)15-17-8-4-5-9-18(17)23-14-21(27)24-19-10-6-7-11-20(19)28-13-12-22/h4-11,23H,3,13-15H2,1-2H3,(H,24,27). The molecule has 2 amide bonds. The van der Waals surface area contributed by atoms with Crippen molar-refractivity contribution in [3.63, 3.8) is 0 Å². The van der Waals surface area contributed by atoms with Crippen LogP contribution in [0.4, 0.5) is 11.4 Å². The minimum absolute atomic E-state index is 0.0153. The van der Waals surface area contributed by atoms with Gasteiger partial charge in [-0.05, 0) is 30.7 Å². The molecule has 2 aromatic carbocycles. The van der Waals surface area contributed by atoms with Gasteiger partial charge in [0.25, 0.3) is 0 Å². The summed E-state index contributed by atoms with van der Waals surface area (Å²) in [6.45, 7) is 4.70. The predicted molar refractivity (Wildman–Crippen MR) is 113 cm³/mol. The fourth-order valence-electron chi connectivity index (χ4n) is 2.66.